The molecule has 0 spiro atoms. The lowest BCUT2D eigenvalue weighted by atomic mass is 9.81. The van der Waals surface area contributed by atoms with Gasteiger partial charge in [-0.05, 0) is 43.7 Å². The van der Waals surface area contributed by atoms with Gasteiger partial charge in [0.1, 0.15) is 11.5 Å². The van der Waals surface area contributed by atoms with E-state index < -0.39 is 17.9 Å². The highest BCUT2D eigenvalue weighted by Gasteiger charge is 2.43. The van der Waals surface area contributed by atoms with Crippen molar-refractivity contribution in [3.8, 4) is 6.07 Å². The van der Waals surface area contributed by atoms with Crippen molar-refractivity contribution in [1.82, 2.24) is 4.90 Å². The van der Waals surface area contributed by atoms with Gasteiger partial charge in [0.2, 0.25) is 0 Å². The highest BCUT2D eigenvalue weighted by molar-refractivity contribution is 6.06. The molecule has 0 bridgehead atoms. The minimum atomic E-state index is -0.958. The number of anilines is 1. The number of nitriles is 1. The normalized spacial score (nSPS) is 21.4. The summed E-state index contributed by atoms with van der Waals surface area (Å²) in [6, 6.07) is 17.3. The maximum absolute atomic E-state index is 13.2. The van der Waals surface area contributed by atoms with E-state index >= 15 is 0 Å². The van der Waals surface area contributed by atoms with E-state index in [4.69, 9.17) is 19.9 Å². The van der Waals surface area contributed by atoms with Gasteiger partial charge in [-0.25, -0.2) is 9.59 Å². The topological polar surface area (TPSA) is 135 Å². The minimum absolute atomic E-state index is 0.0469. The van der Waals surface area contributed by atoms with Gasteiger partial charge in [0.15, 0.2) is 0 Å². The average molecular weight is 531 g/mol. The van der Waals surface area contributed by atoms with Crippen LogP contribution in [-0.4, -0.2) is 62.3 Å². The van der Waals surface area contributed by atoms with Gasteiger partial charge in [0.25, 0.3) is 5.91 Å². The molecule has 2 N–H and O–H groups in total. The van der Waals surface area contributed by atoms with Gasteiger partial charge in [-0.1, -0.05) is 30.3 Å². The van der Waals surface area contributed by atoms with E-state index in [1.54, 1.807) is 59.5 Å². The first-order valence-electron chi connectivity index (χ1n) is 12.4. The predicted molar refractivity (Wildman–Crippen MR) is 142 cm³/mol. The Hall–Kier alpha value is -4.62. The summed E-state index contributed by atoms with van der Waals surface area (Å²) in [6.07, 6.45) is -0.163. The first-order chi connectivity index (χ1) is 18.7. The Morgan fingerprint density at radius 1 is 0.949 bits per heavy atom. The molecule has 2 aromatic rings. The van der Waals surface area contributed by atoms with Crippen LogP contribution in [0.15, 0.2) is 77.3 Å². The third-order valence-corrected chi connectivity index (χ3v) is 6.69. The molecule has 0 saturated carbocycles. The second-order valence-corrected chi connectivity index (χ2v) is 9.35. The Kier molecular flexibility index (Phi) is 8.02. The number of carbonyl (C=O) groups is 3. The molecule has 202 valence electrons. The maximum Gasteiger partial charge on any atom is 0.355 e. The molecule has 1 amide bonds. The second-order valence-electron chi connectivity index (χ2n) is 9.35. The molecule has 10 nitrogen and oxygen atoms in total. The molecule has 0 radical (unpaired) electrons. The van der Waals surface area contributed by atoms with Crippen LogP contribution in [-0.2, 0) is 23.8 Å². The Morgan fingerprint density at radius 2 is 1.54 bits per heavy atom. The number of nitrogens with two attached hydrogens (primary N) is 1. The van der Waals surface area contributed by atoms with E-state index in [2.05, 4.69) is 6.07 Å². The summed E-state index contributed by atoms with van der Waals surface area (Å²) in [5.41, 5.74) is 7.69. The van der Waals surface area contributed by atoms with Crippen LogP contribution in [0, 0.1) is 11.3 Å². The first-order valence-corrected chi connectivity index (χ1v) is 12.4. The number of carbonyl (C=O) groups excluding carboxylic acids is 3. The Morgan fingerprint density at radius 3 is 2.08 bits per heavy atom. The number of morpholine rings is 1. The van der Waals surface area contributed by atoms with Crippen molar-refractivity contribution >= 4 is 23.5 Å². The number of amides is 1. The molecule has 0 aromatic heterocycles. The first kappa shape index (κ1) is 27.4. The molecule has 39 heavy (non-hydrogen) atoms. The SMILES string of the molecule is COC(=O)C1=C(C(=O)OC)N(c2ccc(C(=O)N3CC(C)OC(C)C3)cc2)C(N)=C(C#N)C1c1ccccc1. The van der Waals surface area contributed by atoms with Crippen molar-refractivity contribution in [2.45, 2.75) is 32.0 Å². The fourth-order valence-electron chi connectivity index (χ4n) is 5.06. The summed E-state index contributed by atoms with van der Waals surface area (Å²) in [5.74, 6) is -2.81. The van der Waals surface area contributed by atoms with Crippen molar-refractivity contribution < 1.29 is 28.6 Å². The summed E-state index contributed by atoms with van der Waals surface area (Å²) in [7, 11) is 2.38. The zero-order valence-electron chi connectivity index (χ0n) is 22.2. The second kappa shape index (κ2) is 11.4. The lowest BCUT2D eigenvalue weighted by molar-refractivity contribution is -0.139. The van der Waals surface area contributed by atoms with E-state index in [9.17, 15) is 19.6 Å². The third-order valence-electron chi connectivity index (χ3n) is 6.69. The lowest BCUT2D eigenvalue weighted by Gasteiger charge is -2.36. The molecule has 4 rings (SSSR count). The summed E-state index contributed by atoms with van der Waals surface area (Å²) in [6.45, 7) is 4.77. The van der Waals surface area contributed by atoms with Crippen molar-refractivity contribution in [1.29, 1.82) is 5.26 Å². The number of ether oxygens (including phenoxy) is 3. The number of hydrogen-bond donors (Lipinski definition) is 1. The number of rotatable bonds is 5. The Bertz CT molecular complexity index is 1370. The number of nitrogens with zero attached hydrogens (tertiary/aromatic N) is 3. The molecule has 1 saturated heterocycles. The Balaban J connectivity index is 1.83. The van der Waals surface area contributed by atoms with E-state index in [1.807, 2.05) is 13.8 Å². The molecule has 2 aromatic carbocycles. The van der Waals surface area contributed by atoms with Crippen molar-refractivity contribution in [3.05, 3.63) is 88.4 Å². The smallest absolute Gasteiger partial charge is 0.355 e. The maximum atomic E-state index is 13.2. The highest BCUT2D eigenvalue weighted by Crippen LogP contribution is 2.43. The van der Waals surface area contributed by atoms with Crippen molar-refractivity contribution in [3.63, 3.8) is 0 Å². The molecule has 1 fully saturated rings. The molecule has 3 unspecified atom stereocenters. The van der Waals surface area contributed by atoms with E-state index in [0.29, 0.717) is 29.9 Å². The van der Waals surface area contributed by atoms with Crippen molar-refractivity contribution in [2.24, 2.45) is 5.73 Å². The lowest BCUT2D eigenvalue weighted by Crippen LogP contribution is -2.48. The molecular weight excluding hydrogens is 500 g/mol. The van der Waals surface area contributed by atoms with Crippen LogP contribution < -0.4 is 10.6 Å². The standard InChI is InChI=1S/C29H30N4O6/c1-17-15-32(16-18(2)39-17)27(34)20-10-12-21(13-11-20)33-25(29(36)38-4)24(28(35)37-3)23(22(14-30)26(33)31)19-8-6-5-7-9-19/h5-13,17-18,23H,15-16,31H2,1-4H3. The van der Waals surface area contributed by atoms with Crippen LogP contribution in [0.25, 0.3) is 0 Å². The largest absolute Gasteiger partial charge is 0.466 e. The number of methoxy groups -OCH3 is 2. The molecule has 2 heterocycles. The van der Waals surface area contributed by atoms with Crippen LogP contribution in [0.5, 0.6) is 0 Å². The third kappa shape index (κ3) is 5.22. The summed E-state index contributed by atoms with van der Waals surface area (Å²) in [5, 5.41) is 10.2. The van der Waals surface area contributed by atoms with Gasteiger partial charge in [-0.2, -0.15) is 5.26 Å². The van der Waals surface area contributed by atoms with E-state index in [0.717, 1.165) is 0 Å². The summed E-state index contributed by atoms with van der Waals surface area (Å²) >= 11 is 0. The average Bonchev–Trinajstić information content (AvgIpc) is 2.95. The van der Waals surface area contributed by atoms with Gasteiger partial charge in [0.05, 0.1) is 49.6 Å². The highest BCUT2D eigenvalue weighted by atomic mass is 16.5. The number of hydrogen-bond acceptors (Lipinski definition) is 9. The summed E-state index contributed by atoms with van der Waals surface area (Å²) in [4.78, 5) is 42.5. The van der Waals surface area contributed by atoms with Crippen LogP contribution in [0.4, 0.5) is 5.69 Å². The van der Waals surface area contributed by atoms with E-state index in [-0.39, 0.29) is 40.8 Å². The summed E-state index contributed by atoms with van der Waals surface area (Å²) < 4.78 is 15.8. The quantitative estimate of drug-likeness (QED) is 0.579. The van der Waals surface area contributed by atoms with E-state index in [1.165, 1.54) is 19.1 Å². The monoisotopic (exact) mass is 530 g/mol. The van der Waals surface area contributed by atoms with Gasteiger partial charge < -0.3 is 24.8 Å². The fourth-order valence-corrected chi connectivity index (χ4v) is 5.06. The number of benzene rings is 2. The van der Waals surface area contributed by atoms with Gasteiger partial charge in [-0.15, -0.1) is 0 Å². The number of esters is 2. The number of allylic oxidation sites excluding steroid dienone is 1. The van der Waals surface area contributed by atoms with Gasteiger partial charge in [-0.3, -0.25) is 9.69 Å². The fraction of sp³-hybridized carbons (Fsp3) is 0.310. The van der Waals surface area contributed by atoms with Gasteiger partial charge in [0, 0.05) is 24.3 Å². The molecule has 2 aliphatic heterocycles. The molecule has 10 heteroatoms. The molecule has 0 aliphatic carbocycles. The Labute approximate surface area is 226 Å². The van der Waals surface area contributed by atoms with Crippen molar-refractivity contribution in [2.75, 3.05) is 32.2 Å². The van der Waals surface area contributed by atoms with Crippen LogP contribution in [0.3, 0.4) is 0 Å². The van der Waals surface area contributed by atoms with Crippen LogP contribution >= 0.6 is 0 Å². The molecular formula is C29H30N4O6. The van der Waals surface area contributed by atoms with Crippen LogP contribution in [0.2, 0.25) is 0 Å². The zero-order valence-corrected chi connectivity index (χ0v) is 22.2. The van der Waals surface area contributed by atoms with Gasteiger partial charge >= 0.3 is 11.9 Å². The van der Waals surface area contributed by atoms with Crippen LogP contribution in [0.1, 0.15) is 35.7 Å². The predicted octanol–water partition coefficient (Wildman–Crippen LogP) is 2.83. The molecule has 2 aliphatic rings. The zero-order chi connectivity index (χ0) is 28.3. The molecule has 3 atom stereocenters. The minimum Gasteiger partial charge on any atom is -0.466 e.